The minimum absolute atomic E-state index is 0.00391. The summed E-state index contributed by atoms with van der Waals surface area (Å²) in [6.07, 6.45) is 9.85. The Morgan fingerprint density at radius 1 is 0.957 bits per heavy atom. The number of anilines is 1. The number of carbonyl (C=O) groups is 1. The topological polar surface area (TPSA) is 91.0 Å². The summed E-state index contributed by atoms with van der Waals surface area (Å²) in [6, 6.07) is 15.3. The molecule has 256 valence electrons. The van der Waals surface area contributed by atoms with E-state index in [-0.39, 0.29) is 34.5 Å². The van der Waals surface area contributed by atoms with Gasteiger partial charge in [-0.3, -0.25) is 0 Å². The molecule has 2 aromatic carbocycles. The van der Waals surface area contributed by atoms with Crippen LogP contribution in [0.5, 0.6) is 0 Å². The van der Waals surface area contributed by atoms with Gasteiger partial charge in [-0.15, -0.1) is 0 Å². The van der Waals surface area contributed by atoms with E-state index in [9.17, 15) is 17.6 Å². The van der Waals surface area contributed by atoms with Crippen LogP contribution in [0.3, 0.4) is 0 Å². The van der Waals surface area contributed by atoms with E-state index in [0.717, 1.165) is 95.5 Å². The van der Waals surface area contributed by atoms with Crippen LogP contribution in [0.2, 0.25) is 0 Å². The van der Waals surface area contributed by atoms with Gasteiger partial charge in [0.2, 0.25) is 0 Å². The van der Waals surface area contributed by atoms with Gasteiger partial charge in [0.25, 0.3) is 0 Å². The number of nitrogens with zero attached hydrogens (tertiary/aromatic N) is 2. The number of alkyl carbamates (subject to hydrolysis) is 1. The first-order valence-corrected chi connectivity index (χ1v) is 19.5. The summed E-state index contributed by atoms with van der Waals surface area (Å²) in [7, 11) is -1.73. The molecular weight excluding hydrogens is 615 g/mol. The number of piperidine rings is 1. The summed E-state index contributed by atoms with van der Waals surface area (Å²) < 4.78 is 45.2. The molecule has 3 aliphatic carbocycles. The highest BCUT2D eigenvalue weighted by molar-refractivity contribution is 7.92. The smallest absolute Gasteiger partial charge is 0.407 e. The fourth-order valence-corrected chi connectivity index (χ4v) is 10.8. The molecule has 0 spiro atoms. The second-order valence-corrected chi connectivity index (χ2v) is 17.2. The zero-order valence-corrected chi connectivity index (χ0v) is 28.5. The first-order valence-electron chi connectivity index (χ1n) is 17.9. The molecule has 3 atom stereocenters. The number of nitrogens with one attached hydrogen (secondary N) is 2. The number of hydrogen-bond donors (Lipinski definition) is 2. The van der Waals surface area contributed by atoms with Gasteiger partial charge in [0.15, 0.2) is 9.84 Å². The number of carbonyl (C=O) groups excluding carboxylic acids is 1. The van der Waals surface area contributed by atoms with Gasteiger partial charge in [0, 0.05) is 55.3 Å². The lowest BCUT2D eigenvalue weighted by molar-refractivity contribution is 0.0613. The highest BCUT2D eigenvalue weighted by atomic mass is 32.2. The van der Waals surface area contributed by atoms with Crippen LogP contribution in [-0.4, -0.2) is 83.1 Å². The first-order chi connectivity index (χ1) is 22.8. The van der Waals surface area contributed by atoms with E-state index in [2.05, 4.69) is 26.5 Å². The Balaban J connectivity index is 1.03. The van der Waals surface area contributed by atoms with E-state index in [0.29, 0.717) is 22.8 Å². The number of sulfone groups is 1. The van der Waals surface area contributed by atoms with Crippen molar-refractivity contribution in [3.05, 3.63) is 59.9 Å². The molecule has 2 saturated heterocycles. The summed E-state index contributed by atoms with van der Waals surface area (Å²) in [6.45, 7) is 5.84. The monoisotopic (exact) mass is 666 g/mol. The van der Waals surface area contributed by atoms with Gasteiger partial charge < -0.3 is 25.2 Å². The molecule has 1 amide bonds. The van der Waals surface area contributed by atoms with Gasteiger partial charge in [-0.2, -0.15) is 0 Å². The Bertz CT molecular complexity index is 1500. The van der Waals surface area contributed by atoms with Crippen LogP contribution < -0.4 is 15.5 Å². The maximum atomic E-state index is 15.0. The molecule has 2 aliphatic heterocycles. The number of ether oxygens (including phenoxy) is 1. The van der Waals surface area contributed by atoms with Gasteiger partial charge in [0.05, 0.1) is 17.3 Å². The van der Waals surface area contributed by atoms with Crippen LogP contribution in [-0.2, 0) is 20.0 Å². The number of amides is 1. The summed E-state index contributed by atoms with van der Waals surface area (Å²) in [5.41, 5.74) is 1.87. The zero-order valence-electron chi connectivity index (χ0n) is 27.7. The number of hydrogen-bond acceptors (Lipinski definition) is 7. The van der Waals surface area contributed by atoms with Crippen molar-refractivity contribution >= 4 is 21.6 Å². The molecule has 3 saturated carbocycles. The van der Waals surface area contributed by atoms with Crippen LogP contribution in [0.1, 0.15) is 69.8 Å². The Kier molecular flexibility index (Phi) is 9.55. The summed E-state index contributed by atoms with van der Waals surface area (Å²) in [5, 5.41) is 6.92. The van der Waals surface area contributed by atoms with E-state index in [1.54, 1.807) is 24.3 Å². The van der Waals surface area contributed by atoms with Gasteiger partial charge in [-0.1, -0.05) is 25.0 Å². The zero-order chi connectivity index (χ0) is 32.6. The van der Waals surface area contributed by atoms with E-state index < -0.39 is 9.84 Å². The van der Waals surface area contributed by atoms with Crippen molar-refractivity contribution in [2.24, 2.45) is 17.8 Å². The van der Waals surface area contributed by atoms with Crippen molar-refractivity contribution in [1.82, 2.24) is 15.5 Å². The van der Waals surface area contributed by atoms with Crippen molar-refractivity contribution in [2.75, 3.05) is 51.3 Å². The fourth-order valence-electron chi connectivity index (χ4n) is 9.10. The first kappa shape index (κ1) is 32.8. The number of methoxy groups -OCH3 is 1. The predicted molar refractivity (Wildman–Crippen MR) is 182 cm³/mol. The molecule has 0 radical (unpaired) electrons. The fraction of sp³-hybridized carbons (Fsp3) is 0.649. The second kappa shape index (κ2) is 13.7. The molecular formula is C37H51FN4O4S. The number of benzene rings is 2. The van der Waals surface area contributed by atoms with Crippen molar-refractivity contribution in [3.8, 4) is 0 Å². The Morgan fingerprint density at radius 2 is 1.68 bits per heavy atom. The Labute approximate surface area is 279 Å². The molecule has 47 heavy (non-hydrogen) atoms. The lowest BCUT2D eigenvalue weighted by Gasteiger charge is -2.52. The third kappa shape index (κ3) is 6.79. The molecule has 2 N–H and O–H groups in total. The molecule has 0 bridgehead atoms. The molecule has 5 aliphatic rings. The van der Waals surface area contributed by atoms with E-state index >= 15 is 0 Å². The predicted octanol–water partition coefficient (Wildman–Crippen LogP) is 5.51. The third-order valence-electron chi connectivity index (χ3n) is 12.1. The van der Waals surface area contributed by atoms with Gasteiger partial charge >= 0.3 is 6.09 Å². The number of likely N-dealkylation sites (tertiary alicyclic amines) is 1. The summed E-state index contributed by atoms with van der Waals surface area (Å²) >= 11 is 0. The average molecular weight is 667 g/mol. The average Bonchev–Trinajstić information content (AvgIpc) is 3.81. The summed E-state index contributed by atoms with van der Waals surface area (Å²) in [5.74, 6) is 0.940. The molecule has 10 heteroatoms. The maximum absolute atomic E-state index is 15.0. The highest BCUT2D eigenvalue weighted by Crippen LogP contribution is 2.51. The van der Waals surface area contributed by atoms with Crippen LogP contribution in [0.25, 0.3) is 0 Å². The summed E-state index contributed by atoms with van der Waals surface area (Å²) in [4.78, 5) is 17.9. The normalized spacial score (nSPS) is 26.0. The highest BCUT2D eigenvalue weighted by Gasteiger charge is 2.52. The largest absolute Gasteiger partial charge is 0.453 e. The molecule has 8 nitrogen and oxygen atoms in total. The number of halogens is 1. The molecule has 5 fully saturated rings. The standard InChI is InChI=1S/C37H51FN4O4S/c1-46-36(43)40-35-10-4-9-34(35)37(25-39-30-7-3-8-30,28-5-2-6-29(38)21-28)27-17-19-41(20-18-27)22-26-23-42(24-26)31-11-13-32(14-12-31)47(44,45)33-15-16-33/h2,5-6,11-14,21,26-27,30,33-35,39H,3-4,7-10,15-20,22-25H2,1H3,(H,40,43)/t34-,35-,37-/m0/s1. The van der Waals surface area contributed by atoms with Gasteiger partial charge in [0.1, 0.15) is 5.82 Å². The van der Waals surface area contributed by atoms with Crippen LogP contribution in [0.4, 0.5) is 14.9 Å². The number of rotatable bonds is 12. The van der Waals surface area contributed by atoms with E-state index in [1.165, 1.54) is 26.4 Å². The molecule has 2 heterocycles. The van der Waals surface area contributed by atoms with Crippen molar-refractivity contribution < 1.29 is 22.3 Å². The van der Waals surface area contributed by atoms with Crippen molar-refractivity contribution in [1.29, 1.82) is 0 Å². The van der Waals surface area contributed by atoms with Crippen molar-refractivity contribution in [2.45, 2.75) is 91.9 Å². The van der Waals surface area contributed by atoms with Crippen LogP contribution in [0.15, 0.2) is 53.4 Å². The van der Waals surface area contributed by atoms with Crippen LogP contribution >= 0.6 is 0 Å². The maximum Gasteiger partial charge on any atom is 0.407 e. The Hall–Kier alpha value is -2.69. The van der Waals surface area contributed by atoms with Crippen LogP contribution in [0, 0.1) is 23.6 Å². The minimum Gasteiger partial charge on any atom is -0.453 e. The minimum atomic E-state index is -3.16. The lowest BCUT2D eigenvalue weighted by Crippen LogP contribution is -2.59. The van der Waals surface area contributed by atoms with Crippen molar-refractivity contribution in [3.63, 3.8) is 0 Å². The van der Waals surface area contributed by atoms with Gasteiger partial charge in [-0.05, 0) is 118 Å². The quantitative estimate of drug-likeness (QED) is 0.309. The molecule has 7 rings (SSSR count). The Morgan fingerprint density at radius 3 is 2.32 bits per heavy atom. The van der Waals surface area contributed by atoms with Gasteiger partial charge in [-0.25, -0.2) is 17.6 Å². The molecule has 0 unspecified atom stereocenters. The third-order valence-corrected chi connectivity index (χ3v) is 14.4. The van der Waals surface area contributed by atoms with E-state index in [1.807, 2.05) is 18.2 Å². The second-order valence-electron chi connectivity index (χ2n) is 14.9. The van der Waals surface area contributed by atoms with E-state index in [4.69, 9.17) is 4.74 Å². The molecule has 2 aromatic rings. The SMILES string of the molecule is COC(=O)N[C@H]1CCC[C@@H]1[C@](CNC1CCC1)(c1cccc(F)c1)C1CCN(CC2CN(c3ccc(S(=O)(=O)C4CC4)cc3)C2)CC1. The lowest BCUT2D eigenvalue weighted by atomic mass is 9.58. The molecule has 0 aromatic heterocycles.